The molecule has 2 aliphatic heterocycles. The van der Waals surface area contributed by atoms with E-state index in [0.717, 1.165) is 18.4 Å². The van der Waals surface area contributed by atoms with Gasteiger partial charge in [-0.2, -0.15) is 0 Å². The van der Waals surface area contributed by atoms with Gasteiger partial charge in [-0.3, -0.25) is 4.79 Å². The van der Waals surface area contributed by atoms with Crippen LogP contribution in [0.25, 0.3) is 0 Å². The minimum atomic E-state index is -1.15. The quantitative estimate of drug-likeness (QED) is 0.767. The summed E-state index contributed by atoms with van der Waals surface area (Å²) in [5.74, 6) is -0.0580. The van der Waals surface area contributed by atoms with E-state index in [-0.39, 0.29) is 29.1 Å². The van der Waals surface area contributed by atoms with Crippen LogP contribution in [0.1, 0.15) is 48.0 Å². The number of aromatic carboxylic acids is 1. The van der Waals surface area contributed by atoms with Crippen molar-refractivity contribution in [2.75, 3.05) is 13.1 Å². The fourth-order valence-corrected chi connectivity index (χ4v) is 4.20. The number of fused-ring (bicyclic) bond motifs is 1. The maximum atomic E-state index is 12.3. The van der Waals surface area contributed by atoms with Crippen molar-refractivity contribution in [2.24, 2.45) is 5.92 Å². The lowest BCUT2D eigenvalue weighted by Gasteiger charge is -2.39. The number of carbonyl (C=O) groups is 2. The summed E-state index contributed by atoms with van der Waals surface area (Å²) in [6.07, 6.45) is 6.11. The third kappa shape index (κ3) is 3.76. The monoisotopic (exact) mass is 373 g/mol. The first-order valence-corrected chi connectivity index (χ1v) is 9.69. The van der Waals surface area contributed by atoms with Crippen molar-refractivity contribution in [3.05, 3.63) is 23.3 Å². The number of aryl methyl sites for hydroxylation is 1. The van der Waals surface area contributed by atoms with E-state index in [1.165, 1.54) is 12.8 Å². The maximum absolute atomic E-state index is 12.3. The van der Waals surface area contributed by atoms with Crippen LogP contribution in [0.3, 0.4) is 0 Å². The molecule has 4 rings (SSSR count). The Morgan fingerprint density at radius 1 is 1.26 bits per heavy atom. The van der Waals surface area contributed by atoms with Crippen molar-refractivity contribution in [3.63, 3.8) is 0 Å². The summed E-state index contributed by atoms with van der Waals surface area (Å²) >= 11 is 0. The number of ether oxygens (including phenoxy) is 1. The van der Waals surface area contributed by atoms with E-state index >= 15 is 0 Å². The zero-order valence-electron chi connectivity index (χ0n) is 15.2. The van der Waals surface area contributed by atoms with Gasteiger partial charge in [0.05, 0.1) is 13.1 Å². The van der Waals surface area contributed by atoms with Gasteiger partial charge in [0, 0.05) is 6.42 Å². The molecule has 0 atom stereocenters. The van der Waals surface area contributed by atoms with Crippen LogP contribution in [0.4, 0.5) is 0 Å². The van der Waals surface area contributed by atoms with Gasteiger partial charge < -0.3 is 24.4 Å². The molecule has 0 aromatic heterocycles. The fourth-order valence-electron chi connectivity index (χ4n) is 4.20. The summed E-state index contributed by atoms with van der Waals surface area (Å²) in [7, 11) is -1.00. The summed E-state index contributed by atoms with van der Waals surface area (Å²) in [5, 5.41) is 19.3. The highest BCUT2D eigenvalue weighted by atomic mass is 16.5. The topological polar surface area (TPSA) is 96.3 Å². The first-order chi connectivity index (χ1) is 13.0. The molecule has 0 radical (unpaired) electrons. The van der Waals surface area contributed by atoms with Crippen LogP contribution >= 0.6 is 0 Å². The molecule has 1 aliphatic carbocycles. The number of carbonyl (C=O) groups excluding carboxylic acids is 1. The van der Waals surface area contributed by atoms with Crippen LogP contribution < -0.4 is 9.39 Å². The molecule has 7 nitrogen and oxygen atoms in total. The summed E-state index contributed by atoms with van der Waals surface area (Å²) in [6, 6.07) is 3.43. The molecule has 1 saturated carbocycles. The molecule has 2 heterocycles. The molecule has 0 unspecified atom stereocenters. The molecule has 144 valence electrons. The molecular formula is C19H24BNO6. The average Bonchev–Trinajstić information content (AvgIpc) is 3.09. The standard InChI is InChI=1S/C19H24BNO6/c22-16(9-12-3-1-2-4-12)21-10-14(11-21)26-15-6-5-13-7-8-20(25)27-18(13)17(15)19(23)24/h5-6,12,14,25H,1-4,7-11H2,(H,23,24). The van der Waals surface area contributed by atoms with E-state index in [9.17, 15) is 19.7 Å². The highest BCUT2D eigenvalue weighted by Gasteiger charge is 2.36. The molecule has 2 fully saturated rings. The molecule has 0 bridgehead atoms. The molecule has 0 spiro atoms. The summed E-state index contributed by atoms with van der Waals surface area (Å²) in [5.41, 5.74) is 0.703. The third-order valence-corrected chi connectivity index (χ3v) is 5.76. The van der Waals surface area contributed by atoms with Crippen molar-refractivity contribution in [1.82, 2.24) is 4.90 Å². The maximum Gasteiger partial charge on any atom is 0.522 e. The average molecular weight is 373 g/mol. The number of likely N-dealkylation sites (tertiary alicyclic amines) is 1. The third-order valence-electron chi connectivity index (χ3n) is 5.76. The number of carboxylic acids is 1. The van der Waals surface area contributed by atoms with Gasteiger partial charge >= 0.3 is 13.1 Å². The molecular weight excluding hydrogens is 349 g/mol. The molecule has 2 N–H and O–H groups in total. The number of benzene rings is 1. The van der Waals surface area contributed by atoms with Crippen molar-refractivity contribution in [3.8, 4) is 11.5 Å². The normalized spacial score (nSPS) is 20.0. The second kappa shape index (κ2) is 7.42. The summed E-state index contributed by atoms with van der Waals surface area (Å²) < 4.78 is 11.2. The highest BCUT2D eigenvalue weighted by Crippen LogP contribution is 2.37. The Bertz CT molecular complexity index is 742. The molecule has 1 aromatic carbocycles. The summed E-state index contributed by atoms with van der Waals surface area (Å²) in [4.78, 5) is 25.8. The fraction of sp³-hybridized carbons (Fsp3) is 0.579. The Morgan fingerprint density at radius 3 is 2.70 bits per heavy atom. The lowest BCUT2D eigenvalue weighted by Crippen LogP contribution is -2.56. The number of hydrogen-bond donors (Lipinski definition) is 2. The van der Waals surface area contributed by atoms with Crippen LogP contribution in [0.15, 0.2) is 12.1 Å². The number of amides is 1. The highest BCUT2D eigenvalue weighted by molar-refractivity contribution is 6.44. The Kier molecular flexibility index (Phi) is 4.99. The lowest BCUT2D eigenvalue weighted by atomic mass is 9.78. The zero-order valence-corrected chi connectivity index (χ0v) is 15.2. The predicted molar refractivity (Wildman–Crippen MR) is 98.1 cm³/mol. The Balaban J connectivity index is 1.40. The smallest absolute Gasteiger partial charge is 0.522 e. The van der Waals surface area contributed by atoms with Gasteiger partial charge in [0.1, 0.15) is 23.2 Å². The van der Waals surface area contributed by atoms with Gasteiger partial charge in [0.2, 0.25) is 5.91 Å². The zero-order chi connectivity index (χ0) is 19.0. The Morgan fingerprint density at radius 2 is 2.00 bits per heavy atom. The number of rotatable bonds is 5. The first kappa shape index (κ1) is 18.2. The lowest BCUT2D eigenvalue weighted by molar-refractivity contribution is -0.141. The molecule has 1 aromatic rings. The van der Waals surface area contributed by atoms with Crippen LogP contribution in [0.2, 0.25) is 6.32 Å². The van der Waals surface area contributed by atoms with E-state index in [4.69, 9.17) is 9.39 Å². The number of hydrogen-bond acceptors (Lipinski definition) is 5. The summed E-state index contributed by atoms with van der Waals surface area (Å²) in [6.45, 7) is 0.955. The second-order valence-electron chi connectivity index (χ2n) is 7.74. The van der Waals surface area contributed by atoms with Crippen molar-refractivity contribution in [1.29, 1.82) is 0 Å². The van der Waals surface area contributed by atoms with Crippen LogP contribution in [0, 0.1) is 5.92 Å². The van der Waals surface area contributed by atoms with E-state index in [1.54, 1.807) is 17.0 Å². The Labute approximate surface area is 158 Å². The van der Waals surface area contributed by atoms with Gasteiger partial charge in [-0.1, -0.05) is 18.9 Å². The second-order valence-corrected chi connectivity index (χ2v) is 7.74. The van der Waals surface area contributed by atoms with Gasteiger partial charge in [0.25, 0.3) is 0 Å². The number of carboxylic acid groups (broad SMARTS) is 1. The molecule has 1 amide bonds. The predicted octanol–water partition coefficient (Wildman–Crippen LogP) is 1.97. The first-order valence-electron chi connectivity index (χ1n) is 9.69. The van der Waals surface area contributed by atoms with Crippen molar-refractivity contribution in [2.45, 2.75) is 50.9 Å². The SMILES string of the molecule is O=C(O)c1c(OC2CN(C(=O)CC3CCCC3)C2)ccc2c1OB(O)CC2. The van der Waals surface area contributed by atoms with E-state index in [2.05, 4.69) is 0 Å². The minimum Gasteiger partial charge on any atom is -0.535 e. The van der Waals surface area contributed by atoms with E-state index in [1.807, 2.05) is 0 Å². The van der Waals surface area contributed by atoms with Gasteiger partial charge in [-0.05, 0) is 43.1 Å². The molecule has 27 heavy (non-hydrogen) atoms. The molecule has 3 aliphatic rings. The van der Waals surface area contributed by atoms with E-state index < -0.39 is 13.1 Å². The van der Waals surface area contributed by atoms with Crippen molar-refractivity contribution >= 4 is 19.0 Å². The van der Waals surface area contributed by atoms with Crippen LogP contribution in [0.5, 0.6) is 11.5 Å². The largest absolute Gasteiger partial charge is 0.535 e. The minimum absolute atomic E-state index is 0.0537. The molecule has 8 heteroatoms. The van der Waals surface area contributed by atoms with Crippen LogP contribution in [-0.4, -0.2) is 53.2 Å². The Hall–Kier alpha value is -2.22. The van der Waals surface area contributed by atoms with E-state index in [0.29, 0.717) is 38.2 Å². The van der Waals surface area contributed by atoms with Gasteiger partial charge in [-0.15, -0.1) is 0 Å². The van der Waals surface area contributed by atoms with Gasteiger partial charge in [-0.25, -0.2) is 4.79 Å². The van der Waals surface area contributed by atoms with Gasteiger partial charge in [0.15, 0.2) is 0 Å². The van der Waals surface area contributed by atoms with Crippen molar-refractivity contribution < 1.29 is 29.1 Å². The molecule has 1 saturated heterocycles. The number of nitrogens with zero attached hydrogens (tertiary/aromatic N) is 1. The van der Waals surface area contributed by atoms with Crippen LogP contribution in [-0.2, 0) is 11.2 Å².